The first-order valence-electron chi connectivity index (χ1n) is 10.0. The van der Waals surface area contributed by atoms with Gasteiger partial charge in [0, 0.05) is 23.8 Å². The second kappa shape index (κ2) is 7.78. The van der Waals surface area contributed by atoms with Crippen LogP contribution in [0.15, 0.2) is 79.3 Å². The van der Waals surface area contributed by atoms with Crippen molar-refractivity contribution in [2.75, 3.05) is 9.80 Å². The molecule has 0 N–H and O–H groups in total. The first-order valence-corrected chi connectivity index (χ1v) is 10.0. The second-order valence-corrected chi connectivity index (χ2v) is 8.08. The fourth-order valence-electron chi connectivity index (χ4n) is 3.91. The van der Waals surface area contributed by atoms with E-state index in [4.69, 9.17) is 5.26 Å². The van der Waals surface area contributed by atoms with Crippen molar-refractivity contribution in [3.8, 4) is 17.2 Å². The summed E-state index contributed by atoms with van der Waals surface area (Å²) in [6.07, 6.45) is -1.36. The fourth-order valence-corrected chi connectivity index (χ4v) is 3.91. The van der Waals surface area contributed by atoms with Gasteiger partial charge in [-0.05, 0) is 67.4 Å². The molecule has 1 aliphatic heterocycles. The molecule has 0 aliphatic carbocycles. The Hall–Kier alpha value is -4.12. The first-order chi connectivity index (χ1) is 15.6. The summed E-state index contributed by atoms with van der Waals surface area (Å²) in [6.45, 7) is 7.55. The molecule has 5 nitrogen and oxygen atoms in total. The van der Waals surface area contributed by atoms with E-state index >= 15 is 0 Å². The van der Waals surface area contributed by atoms with E-state index in [-0.39, 0.29) is 5.69 Å². The maximum Gasteiger partial charge on any atom is 0.417 e. The van der Waals surface area contributed by atoms with Crippen molar-refractivity contribution in [2.24, 2.45) is 0 Å². The topological polar surface area (TPSA) is 60.2 Å². The van der Waals surface area contributed by atoms with E-state index in [0.717, 1.165) is 28.2 Å². The Kier molecular flexibility index (Phi) is 5.21. The van der Waals surface area contributed by atoms with Crippen LogP contribution in [0.5, 0.6) is 0 Å². The third-order valence-corrected chi connectivity index (χ3v) is 5.74. The zero-order chi connectivity index (χ0) is 24.0. The lowest BCUT2D eigenvalue weighted by molar-refractivity contribution is -0.137. The Morgan fingerprint density at radius 3 is 2.12 bits per heavy atom. The summed E-state index contributed by atoms with van der Waals surface area (Å²) >= 11 is 0. The third kappa shape index (κ3) is 3.72. The molecule has 4 rings (SSSR count). The Labute approximate surface area is 189 Å². The highest BCUT2D eigenvalue weighted by atomic mass is 19.4. The molecule has 8 heteroatoms. The number of alkyl halides is 3. The van der Waals surface area contributed by atoms with Crippen LogP contribution in [-0.2, 0) is 6.18 Å². The number of hydrogen-bond acceptors (Lipinski definition) is 3. The zero-order valence-corrected chi connectivity index (χ0v) is 17.9. The lowest BCUT2D eigenvalue weighted by Gasteiger charge is -2.30. The van der Waals surface area contributed by atoms with Crippen molar-refractivity contribution < 1.29 is 18.0 Å². The number of carbonyl (C=O) groups is 1. The number of nitriles is 1. The van der Waals surface area contributed by atoms with E-state index in [0.29, 0.717) is 11.4 Å². The molecule has 2 aromatic carbocycles. The zero-order valence-electron chi connectivity index (χ0n) is 17.9. The van der Waals surface area contributed by atoms with Crippen LogP contribution < -0.4 is 9.80 Å². The van der Waals surface area contributed by atoms with Crippen LogP contribution >= 0.6 is 0 Å². The number of pyridine rings is 1. The fraction of sp³-hybridized carbons (Fsp3) is 0.160. The predicted molar refractivity (Wildman–Crippen MR) is 119 cm³/mol. The van der Waals surface area contributed by atoms with Gasteiger partial charge in [-0.1, -0.05) is 18.7 Å². The molecule has 0 saturated carbocycles. The number of rotatable bonds is 3. The van der Waals surface area contributed by atoms with Crippen molar-refractivity contribution in [2.45, 2.75) is 25.6 Å². The van der Waals surface area contributed by atoms with Gasteiger partial charge in [0.1, 0.15) is 0 Å². The van der Waals surface area contributed by atoms with Gasteiger partial charge in [-0.15, -0.1) is 0 Å². The average molecular weight is 448 g/mol. The van der Waals surface area contributed by atoms with E-state index in [2.05, 4.69) is 11.6 Å². The Balaban J connectivity index is 1.73. The number of benzene rings is 2. The van der Waals surface area contributed by atoms with Crippen molar-refractivity contribution in [1.29, 1.82) is 5.26 Å². The average Bonchev–Trinajstić information content (AvgIpc) is 2.97. The molecule has 0 radical (unpaired) electrons. The second-order valence-electron chi connectivity index (χ2n) is 8.08. The number of carbonyl (C=O) groups excluding carboxylic acids is 1. The van der Waals surface area contributed by atoms with Gasteiger partial charge in [0.25, 0.3) is 0 Å². The molecule has 0 bridgehead atoms. The van der Waals surface area contributed by atoms with Crippen LogP contribution in [0, 0.1) is 11.3 Å². The van der Waals surface area contributed by atoms with Gasteiger partial charge in [-0.2, -0.15) is 18.4 Å². The van der Waals surface area contributed by atoms with Crippen LogP contribution in [0.4, 0.5) is 29.3 Å². The van der Waals surface area contributed by atoms with E-state index in [1.165, 1.54) is 11.0 Å². The molecule has 1 fully saturated rings. The maximum absolute atomic E-state index is 13.5. The lowest BCUT2D eigenvalue weighted by atomic mass is 9.99. The van der Waals surface area contributed by atoms with Gasteiger partial charge in [-0.3, -0.25) is 14.8 Å². The molecule has 2 heterocycles. The van der Waals surface area contributed by atoms with Crippen molar-refractivity contribution in [3.63, 3.8) is 0 Å². The quantitative estimate of drug-likeness (QED) is 0.467. The molecule has 0 unspecified atom stereocenters. The van der Waals surface area contributed by atoms with Crippen LogP contribution in [0.3, 0.4) is 0 Å². The summed E-state index contributed by atoms with van der Waals surface area (Å²) in [5, 5.41) is 9.06. The van der Waals surface area contributed by atoms with Gasteiger partial charge in [0.05, 0.1) is 28.4 Å². The normalized spacial score (nSPS) is 15.6. The number of amides is 2. The molecule has 1 saturated heterocycles. The maximum atomic E-state index is 13.5. The van der Waals surface area contributed by atoms with E-state index in [1.54, 1.807) is 44.4 Å². The van der Waals surface area contributed by atoms with Gasteiger partial charge in [0.2, 0.25) is 0 Å². The van der Waals surface area contributed by atoms with Crippen molar-refractivity contribution >= 4 is 17.4 Å². The molecule has 3 aromatic rings. The van der Waals surface area contributed by atoms with Crippen molar-refractivity contribution in [3.05, 3.63) is 90.4 Å². The smallest absolute Gasteiger partial charge is 0.283 e. The van der Waals surface area contributed by atoms with Crippen molar-refractivity contribution in [1.82, 2.24) is 4.98 Å². The largest absolute Gasteiger partial charge is 0.417 e. The summed E-state index contributed by atoms with van der Waals surface area (Å²) in [7, 11) is 0. The molecule has 0 atom stereocenters. The van der Waals surface area contributed by atoms with E-state index in [1.807, 2.05) is 24.3 Å². The SMILES string of the molecule is C=C1N(c2ccc(C#N)c(C(F)(F)F)c2)C(=O)N(c2ccc(-c3ccncc3)cc2)C1(C)C. The van der Waals surface area contributed by atoms with Gasteiger partial charge < -0.3 is 0 Å². The molecular formula is C25H19F3N4O. The monoisotopic (exact) mass is 448 g/mol. The number of urea groups is 1. The standard InChI is InChI=1S/C25H19F3N4O/c1-16-24(2,3)32(20-7-4-17(5-8-20)18-10-12-30-13-11-18)23(33)31(16)21-9-6-19(15-29)22(14-21)25(26,27)28/h4-14H,1H2,2-3H3. The molecular weight excluding hydrogens is 429 g/mol. The number of nitrogens with zero attached hydrogens (tertiary/aromatic N) is 4. The number of hydrogen-bond donors (Lipinski definition) is 0. The molecule has 33 heavy (non-hydrogen) atoms. The number of anilines is 2. The van der Waals surface area contributed by atoms with Crippen LogP contribution in [0.1, 0.15) is 25.0 Å². The Morgan fingerprint density at radius 2 is 1.55 bits per heavy atom. The van der Waals surface area contributed by atoms with Crippen LogP contribution in [-0.4, -0.2) is 16.6 Å². The summed E-state index contributed by atoms with van der Waals surface area (Å²) in [6, 6.07) is 15.3. The van der Waals surface area contributed by atoms with Crippen LogP contribution in [0.2, 0.25) is 0 Å². The minimum atomic E-state index is -4.73. The first kappa shape index (κ1) is 22.1. The molecule has 166 valence electrons. The van der Waals surface area contributed by atoms with Gasteiger partial charge in [0.15, 0.2) is 0 Å². The van der Waals surface area contributed by atoms with Crippen LogP contribution in [0.25, 0.3) is 11.1 Å². The summed E-state index contributed by atoms with van der Waals surface area (Å²) in [5.74, 6) is 0. The highest BCUT2D eigenvalue weighted by molar-refractivity contribution is 6.11. The highest BCUT2D eigenvalue weighted by Gasteiger charge is 2.48. The third-order valence-electron chi connectivity index (χ3n) is 5.74. The minimum Gasteiger partial charge on any atom is -0.283 e. The molecule has 0 spiro atoms. The molecule has 2 amide bonds. The van der Waals surface area contributed by atoms with E-state index in [9.17, 15) is 18.0 Å². The number of aromatic nitrogens is 1. The number of halogens is 3. The predicted octanol–water partition coefficient (Wildman–Crippen LogP) is 6.38. The van der Waals surface area contributed by atoms with E-state index < -0.39 is 28.9 Å². The van der Waals surface area contributed by atoms with Gasteiger partial charge in [-0.25, -0.2) is 4.79 Å². The summed E-state index contributed by atoms with van der Waals surface area (Å²) in [4.78, 5) is 20.1. The molecule has 1 aliphatic rings. The summed E-state index contributed by atoms with van der Waals surface area (Å²) in [5.41, 5.74) is 0.295. The Morgan fingerprint density at radius 1 is 0.970 bits per heavy atom. The Bertz CT molecular complexity index is 1280. The molecule has 1 aromatic heterocycles. The summed E-state index contributed by atoms with van der Waals surface area (Å²) < 4.78 is 40.4. The van der Waals surface area contributed by atoms with Gasteiger partial charge >= 0.3 is 12.2 Å². The highest BCUT2D eigenvalue weighted by Crippen LogP contribution is 2.43. The lowest BCUT2D eigenvalue weighted by Crippen LogP contribution is -2.41. The minimum absolute atomic E-state index is 0.000283.